The summed E-state index contributed by atoms with van der Waals surface area (Å²) in [6.45, 7) is 8.86. The highest BCUT2D eigenvalue weighted by Crippen LogP contribution is 2.65. The third kappa shape index (κ3) is 3.09. The van der Waals surface area contributed by atoms with Crippen molar-refractivity contribution in [3.63, 3.8) is 0 Å². The molecule has 1 aromatic heterocycles. The summed E-state index contributed by atoms with van der Waals surface area (Å²) in [5, 5.41) is 0. The smallest absolute Gasteiger partial charge is 0.339 e. The van der Waals surface area contributed by atoms with Gasteiger partial charge in [-0.2, -0.15) is 0 Å². The molecule has 1 aromatic rings. The van der Waals surface area contributed by atoms with Crippen LogP contribution < -0.4 is 0 Å². The molecule has 1 aliphatic heterocycles. The van der Waals surface area contributed by atoms with Gasteiger partial charge in [0, 0.05) is 11.6 Å². The molecule has 2 heterocycles. The average Bonchev–Trinajstić information content (AvgIpc) is 3.20. The first kappa shape index (κ1) is 17.7. The molecule has 4 heteroatoms. The fourth-order valence-electron chi connectivity index (χ4n) is 3.99. The molecule has 0 amide bonds. The number of fused-ring (bicyclic) bond motifs is 1. The summed E-state index contributed by atoms with van der Waals surface area (Å²) in [6, 6.07) is 3.41. The Morgan fingerprint density at radius 3 is 2.80 bits per heavy atom. The normalized spacial score (nSPS) is 29.4. The van der Waals surface area contributed by atoms with Crippen LogP contribution in [0.4, 0.5) is 0 Å². The van der Waals surface area contributed by atoms with Crippen molar-refractivity contribution in [3.05, 3.63) is 41.7 Å². The Kier molecular flexibility index (Phi) is 4.47. The van der Waals surface area contributed by atoms with Crippen molar-refractivity contribution in [2.75, 3.05) is 6.61 Å². The Labute approximate surface area is 149 Å². The van der Waals surface area contributed by atoms with E-state index in [0.29, 0.717) is 17.9 Å². The summed E-state index contributed by atoms with van der Waals surface area (Å²) in [7, 11) is 0. The van der Waals surface area contributed by atoms with E-state index in [1.54, 1.807) is 19.1 Å². The maximum atomic E-state index is 11.6. The van der Waals surface area contributed by atoms with Crippen molar-refractivity contribution in [2.24, 2.45) is 5.41 Å². The number of esters is 1. The molecule has 2 aliphatic rings. The maximum absolute atomic E-state index is 11.6. The largest absolute Gasteiger partial charge is 0.462 e. The summed E-state index contributed by atoms with van der Waals surface area (Å²) in [6.07, 6.45) is 8.96. The highest BCUT2D eigenvalue weighted by atomic mass is 16.6. The van der Waals surface area contributed by atoms with Gasteiger partial charge in [-0.3, -0.25) is 0 Å². The van der Waals surface area contributed by atoms with Gasteiger partial charge in [0.1, 0.15) is 11.3 Å². The zero-order valence-electron chi connectivity index (χ0n) is 15.4. The molecule has 0 bridgehead atoms. The Morgan fingerprint density at radius 2 is 2.16 bits per heavy atom. The molecule has 0 N–H and O–H groups in total. The first-order valence-corrected chi connectivity index (χ1v) is 8.86. The summed E-state index contributed by atoms with van der Waals surface area (Å²) < 4.78 is 11.1. The minimum Gasteiger partial charge on any atom is -0.462 e. The van der Waals surface area contributed by atoms with Crippen LogP contribution in [0.25, 0.3) is 0 Å². The fourth-order valence-corrected chi connectivity index (χ4v) is 3.99. The number of rotatable bonds is 3. The number of ether oxygens (including phenoxy) is 2. The first-order valence-electron chi connectivity index (χ1n) is 8.86. The number of aromatic nitrogens is 1. The quantitative estimate of drug-likeness (QED) is 0.476. The lowest BCUT2D eigenvalue weighted by Crippen LogP contribution is -2.41. The van der Waals surface area contributed by atoms with E-state index in [4.69, 9.17) is 9.47 Å². The van der Waals surface area contributed by atoms with E-state index in [1.807, 2.05) is 6.08 Å². The van der Waals surface area contributed by atoms with E-state index in [2.05, 4.69) is 43.7 Å². The molecule has 25 heavy (non-hydrogen) atoms. The van der Waals surface area contributed by atoms with Crippen molar-refractivity contribution in [1.29, 1.82) is 0 Å². The van der Waals surface area contributed by atoms with Gasteiger partial charge in [0.2, 0.25) is 0 Å². The Morgan fingerprint density at radius 1 is 1.36 bits per heavy atom. The van der Waals surface area contributed by atoms with Crippen LogP contribution in [0.1, 0.15) is 63.0 Å². The van der Waals surface area contributed by atoms with Crippen molar-refractivity contribution < 1.29 is 14.3 Å². The van der Waals surface area contributed by atoms with Gasteiger partial charge >= 0.3 is 5.97 Å². The van der Waals surface area contributed by atoms with Crippen LogP contribution in [-0.2, 0) is 9.47 Å². The molecule has 2 fully saturated rings. The molecular weight excluding hydrogens is 314 g/mol. The van der Waals surface area contributed by atoms with E-state index < -0.39 is 0 Å². The highest BCUT2D eigenvalue weighted by Gasteiger charge is 2.73. The number of hydrogen-bond acceptors (Lipinski definition) is 4. The summed E-state index contributed by atoms with van der Waals surface area (Å²) in [5.41, 5.74) is 0.934. The van der Waals surface area contributed by atoms with Crippen molar-refractivity contribution in [2.45, 2.75) is 58.2 Å². The number of allylic oxidation sites excluding steroid dienone is 1. The van der Waals surface area contributed by atoms with Crippen molar-refractivity contribution in [3.8, 4) is 11.8 Å². The summed E-state index contributed by atoms with van der Waals surface area (Å²) in [5.74, 6) is 5.68. The molecule has 1 saturated carbocycles. The minimum absolute atomic E-state index is 0.0491. The van der Waals surface area contributed by atoms with Crippen LogP contribution in [-0.4, -0.2) is 28.8 Å². The molecule has 132 valence electrons. The first-order chi connectivity index (χ1) is 11.8. The van der Waals surface area contributed by atoms with Crippen LogP contribution in [0.2, 0.25) is 0 Å². The second-order valence-electron chi connectivity index (χ2n) is 7.56. The number of hydrogen-bond donors (Lipinski definition) is 0. The van der Waals surface area contributed by atoms with Crippen LogP contribution >= 0.6 is 0 Å². The van der Waals surface area contributed by atoms with Gasteiger partial charge in [0.25, 0.3) is 0 Å². The summed E-state index contributed by atoms with van der Waals surface area (Å²) in [4.78, 5) is 15.8. The predicted octanol–water partition coefficient (Wildman–Crippen LogP) is 3.90. The van der Waals surface area contributed by atoms with E-state index >= 15 is 0 Å². The number of nitrogens with zero attached hydrogens (tertiary/aromatic N) is 1. The van der Waals surface area contributed by atoms with Crippen LogP contribution in [0, 0.1) is 17.3 Å². The summed E-state index contributed by atoms with van der Waals surface area (Å²) >= 11 is 0. The third-order valence-electron chi connectivity index (χ3n) is 5.47. The standard InChI is InChI=1S/C21H25NO3/c1-5-24-18(23)16-10-11-17(22-15-16)9-6-7-14-21-19(2,3)12-8-13-20(21,4)25-21/h7,10-11,14-15H,5,8,12-13H2,1-4H3/b14-7+. The molecule has 0 radical (unpaired) electrons. The molecule has 2 atom stereocenters. The predicted molar refractivity (Wildman–Crippen MR) is 96.1 cm³/mol. The van der Waals surface area contributed by atoms with E-state index in [9.17, 15) is 4.79 Å². The molecule has 1 aliphatic carbocycles. The molecular formula is C21H25NO3. The van der Waals surface area contributed by atoms with Crippen LogP contribution in [0.3, 0.4) is 0 Å². The van der Waals surface area contributed by atoms with E-state index in [-0.39, 0.29) is 22.6 Å². The van der Waals surface area contributed by atoms with E-state index in [1.165, 1.54) is 12.6 Å². The monoisotopic (exact) mass is 339 g/mol. The second-order valence-corrected chi connectivity index (χ2v) is 7.56. The van der Waals surface area contributed by atoms with Crippen LogP contribution in [0.15, 0.2) is 30.5 Å². The minimum atomic E-state index is -0.363. The van der Waals surface area contributed by atoms with Gasteiger partial charge in [0.15, 0.2) is 0 Å². The number of epoxide rings is 1. The van der Waals surface area contributed by atoms with E-state index in [0.717, 1.165) is 12.8 Å². The average molecular weight is 339 g/mol. The molecule has 0 aromatic carbocycles. The molecule has 2 unspecified atom stereocenters. The lowest BCUT2D eigenvalue weighted by molar-refractivity contribution is 0.0526. The number of carbonyl (C=O) groups excluding carboxylic acids is 1. The van der Waals surface area contributed by atoms with Crippen molar-refractivity contribution in [1.82, 2.24) is 4.98 Å². The zero-order chi connectivity index (χ0) is 18.1. The number of carbonyl (C=O) groups is 1. The lowest BCUT2D eigenvalue weighted by atomic mass is 9.64. The van der Waals surface area contributed by atoms with Gasteiger partial charge in [-0.1, -0.05) is 19.8 Å². The van der Waals surface area contributed by atoms with Gasteiger partial charge in [-0.15, -0.1) is 0 Å². The van der Waals surface area contributed by atoms with Gasteiger partial charge < -0.3 is 9.47 Å². The van der Waals surface area contributed by atoms with Gasteiger partial charge in [0.05, 0.1) is 17.8 Å². The molecule has 1 saturated heterocycles. The Balaban J connectivity index is 1.69. The highest BCUT2D eigenvalue weighted by molar-refractivity contribution is 5.89. The fraction of sp³-hybridized carbons (Fsp3) is 0.524. The Hall–Kier alpha value is -2.12. The number of pyridine rings is 1. The van der Waals surface area contributed by atoms with Gasteiger partial charge in [-0.05, 0) is 63.3 Å². The lowest BCUT2D eigenvalue weighted by Gasteiger charge is -2.36. The molecule has 3 rings (SSSR count). The third-order valence-corrected chi connectivity index (χ3v) is 5.47. The maximum Gasteiger partial charge on any atom is 0.339 e. The van der Waals surface area contributed by atoms with Crippen LogP contribution in [0.5, 0.6) is 0 Å². The Bertz CT molecular complexity index is 754. The second kappa shape index (κ2) is 6.31. The topological polar surface area (TPSA) is 51.7 Å². The zero-order valence-corrected chi connectivity index (χ0v) is 15.4. The molecule has 0 spiro atoms. The van der Waals surface area contributed by atoms with Crippen molar-refractivity contribution >= 4 is 5.97 Å². The SMILES string of the molecule is CCOC(=O)c1ccc(C#C/C=C/C23OC2(C)CCCC3(C)C)nc1. The van der Waals surface area contributed by atoms with Gasteiger partial charge in [-0.25, -0.2) is 9.78 Å². The molecule has 4 nitrogen and oxygen atoms in total.